The number of aliphatic imine (C=N–C) groups is 1. The largest absolute Gasteiger partial charge is 0.511 e. The van der Waals surface area contributed by atoms with Crippen molar-refractivity contribution in [2.24, 2.45) is 22.1 Å². The predicted molar refractivity (Wildman–Crippen MR) is 182 cm³/mol. The molecule has 4 N–H and O–H groups in total. The minimum Gasteiger partial charge on any atom is -0.511 e. The highest BCUT2D eigenvalue weighted by Gasteiger charge is 2.34. The van der Waals surface area contributed by atoms with Crippen molar-refractivity contribution in [1.29, 1.82) is 0 Å². The number of Topliss-reactive ketones (excluding diaryl/α,β-unsaturated/α-hetero) is 1. The number of allylic oxidation sites excluding steroid dienone is 2. The third-order valence-corrected chi connectivity index (χ3v) is 8.52. The van der Waals surface area contributed by atoms with Crippen LogP contribution in [-0.2, 0) is 25.5 Å². The Labute approximate surface area is 274 Å². The number of aliphatic hydroxyl groups excluding tert-OH is 1. The maximum Gasteiger partial charge on any atom is 0.328 e. The number of aliphatic hydroxyl groups is 1. The number of ether oxygens (including phenoxy) is 1. The molecule has 2 aliphatic heterocycles. The quantitative estimate of drug-likeness (QED) is 0.325. The van der Waals surface area contributed by atoms with Gasteiger partial charge in [-0.2, -0.15) is 0 Å². The number of amides is 1. The second kappa shape index (κ2) is 17.0. The third-order valence-electron chi connectivity index (χ3n) is 8.52. The summed E-state index contributed by atoms with van der Waals surface area (Å²) < 4.78 is 5.36. The van der Waals surface area contributed by atoms with Gasteiger partial charge in [0.05, 0.1) is 25.3 Å². The van der Waals surface area contributed by atoms with Crippen LogP contribution in [0, 0.1) is 11.3 Å². The van der Waals surface area contributed by atoms with E-state index in [-0.39, 0.29) is 47.0 Å². The zero-order valence-electron chi connectivity index (χ0n) is 28.6. The number of benzene rings is 1. The number of aliphatic carboxylic acids is 1. The van der Waals surface area contributed by atoms with Gasteiger partial charge >= 0.3 is 5.97 Å². The Balaban J connectivity index is 0.000000738. The summed E-state index contributed by atoms with van der Waals surface area (Å²) in [5, 5.41) is 20.3. The lowest BCUT2D eigenvalue weighted by Gasteiger charge is -2.37. The maximum absolute atomic E-state index is 12.7. The molecule has 1 unspecified atom stereocenters. The van der Waals surface area contributed by atoms with E-state index in [4.69, 9.17) is 10.5 Å². The zero-order valence-corrected chi connectivity index (χ0v) is 28.6. The van der Waals surface area contributed by atoms with Crippen molar-refractivity contribution in [2.75, 3.05) is 63.9 Å². The molecule has 0 aromatic heterocycles. The number of morpholine rings is 1. The molecule has 2 fully saturated rings. The number of anilines is 1. The lowest BCUT2D eigenvalue weighted by atomic mass is 9.75. The number of carboxylic acids is 1. The van der Waals surface area contributed by atoms with E-state index in [2.05, 4.69) is 28.6 Å². The molecule has 3 aliphatic rings. The normalized spacial score (nSPS) is 20.7. The molecule has 1 aromatic carbocycles. The van der Waals surface area contributed by atoms with Gasteiger partial charge in [-0.05, 0) is 49.3 Å². The summed E-state index contributed by atoms with van der Waals surface area (Å²) in [5.74, 6) is -0.402. The Morgan fingerprint density at radius 1 is 1.00 bits per heavy atom. The monoisotopic (exact) mass is 641 g/mol. The van der Waals surface area contributed by atoms with Crippen LogP contribution in [0.5, 0.6) is 0 Å². The van der Waals surface area contributed by atoms with Crippen LogP contribution >= 0.6 is 0 Å². The van der Waals surface area contributed by atoms with Gasteiger partial charge in [0.2, 0.25) is 5.91 Å². The second-order valence-electron chi connectivity index (χ2n) is 14.1. The van der Waals surface area contributed by atoms with E-state index in [1.165, 1.54) is 0 Å². The number of nitrogens with two attached hydrogens (primary N) is 1. The number of rotatable bonds is 10. The van der Waals surface area contributed by atoms with E-state index in [0.29, 0.717) is 45.3 Å². The van der Waals surface area contributed by atoms with Gasteiger partial charge in [-0.3, -0.25) is 19.5 Å². The van der Waals surface area contributed by atoms with E-state index >= 15 is 0 Å². The molecular weight excluding hydrogens is 586 g/mol. The van der Waals surface area contributed by atoms with Crippen LogP contribution in [-0.4, -0.2) is 114 Å². The molecule has 2 atom stereocenters. The maximum atomic E-state index is 12.7. The van der Waals surface area contributed by atoms with Gasteiger partial charge in [0.1, 0.15) is 5.76 Å². The first-order valence-electron chi connectivity index (χ1n) is 16.6. The Morgan fingerprint density at radius 3 is 2.11 bits per heavy atom. The van der Waals surface area contributed by atoms with Gasteiger partial charge < -0.3 is 30.5 Å². The smallest absolute Gasteiger partial charge is 0.328 e. The number of piperazine rings is 1. The molecule has 1 aromatic rings. The summed E-state index contributed by atoms with van der Waals surface area (Å²) >= 11 is 0. The van der Waals surface area contributed by atoms with Crippen LogP contribution < -0.4 is 10.6 Å². The average molecular weight is 642 g/mol. The molecule has 256 valence electrons. The van der Waals surface area contributed by atoms with E-state index in [0.717, 1.165) is 49.8 Å². The van der Waals surface area contributed by atoms with Gasteiger partial charge in [0, 0.05) is 76.0 Å². The highest BCUT2D eigenvalue weighted by molar-refractivity contribution is 6.22. The Kier molecular flexibility index (Phi) is 13.8. The van der Waals surface area contributed by atoms with Crippen molar-refractivity contribution in [3.8, 4) is 0 Å². The highest BCUT2D eigenvalue weighted by atomic mass is 16.5. The second-order valence-corrected chi connectivity index (χ2v) is 14.1. The molecule has 1 aliphatic carbocycles. The van der Waals surface area contributed by atoms with Crippen LogP contribution in [0.15, 0.2) is 40.6 Å². The molecule has 1 amide bonds. The molecular formula is C35H55N5O6. The van der Waals surface area contributed by atoms with Crippen molar-refractivity contribution < 1.29 is 29.3 Å². The number of hydrogen-bond acceptors (Lipinski definition) is 9. The molecule has 2 heterocycles. The number of ketones is 1. The van der Waals surface area contributed by atoms with Crippen LogP contribution in [0.4, 0.5) is 5.69 Å². The van der Waals surface area contributed by atoms with E-state index < -0.39 is 12.0 Å². The SMILES string of the molecule is CC(=N[C@@H](Cc1ccc(N2CCN(C(=O)CN3CCOCC3)CC2)cc1)C(=O)O)C1=C(O)CC(C)(C)CC1=O.CC(C)CC(C)N. The minimum absolute atomic E-state index is 0.0196. The van der Waals surface area contributed by atoms with Crippen molar-refractivity contribution in [2.45, 2.75) is 79.3 Å². The fraction of sp³-hybridized carbons (Fsp3) is 0.657. The molecule has 0 bridgehead atoms. The van der Waals surface area contributed by atoms with E-state index in [1.54, 1.807) is 6.92 Å². The molecule has 11 nitrogen and oxygen atoms in total. The number of carboxylic acid groups (broad SMARTS) is 1. The zero-order chi connectivity index (χ0) is 34.0. The average Bonchev–Trinajstić information content (AvgIpc) is 2.96. The van der Waals surface area contributed by atoms with Crippen LogP contribution in [0.25, 0.3) is 0 Å². The minimum atomic E-state index is -1.08. The molecule has 11 heteroatoms. The van der Waals surface area contributed by atoms with E-state index in [9.17, 15) is 24.6 Å². The Bertz CT molecular complexity index is 1240. The summed E-state index contributed by atoms with van der Waals surface area (Å²) in [4.78, 5) is 47.9. The lowest BCUT2D eigenvalue weighted by molar-refractivity contribution is -0.138. The van der Waals surface area contributed by atoms with Crippen molar-refractivity contribution in [3.63, 3.8) is 0 Å². The standard InChI is InChI=1S/C29H40N4O6.C6H15N/c1-20(27-24(34)17-29(2,3)18-25(27)35)30-23(28(37)38)16-21-4-6-22(7-5-21)32-8-10-33(11-9-32)26(36)19-31-12-14-39-15-13-31;1-5(2)4-6(3)7/h4-7,23,34H,8-19H2,1-3H3,(H,37,38);5-6H,4,7H2,1-3H3/t23-;/m0./s1. The van der Waals surface area contributed by atoms with Gasteiger partial charge in [-0.15, -0.1) is 0 Å². The molecule has 0 spiro atoms. The lowest BCUT2D eigenvalue weighted by Crippen LogP contribution is -2.52. The predicted octanol–water partition coefficient (Wildman–Crippen LogP) is 3.70. The Morgan fingerprint density at radius 2 is 1.61 bits per heavy atom. The van der Waals surface area contributed by atoms with Gasteiger partial charge in [-0.1, -0.05) is 39.8 Å². The first-order chi connectivity index (χ1) is 21.6. The summed E-state index contributed by atoms with van der Waals surface area (Å²) in [6.45, 7) is 18.0. The van der Waals surface area contributed by atoms with Crippen molar-refractivity contribution >= 4 is 29.1 Å². The molecule has 2 saturated heterocycles. The summed E-state index contributed by atoms with van der Waals surface area (Å²) in [6.07, 6.45) is 1.95. The fourth-order valence-electron chi connectivity index (χ4n) is 6.26. The summed E-state index contributed by atoms with van der Waals surface area (Å²) in [6, 6.07) is 7.04. The number of hydrogen-bond donors (Lipinski definition) is 3. The summed E-state index contributed by atoms with van der Waals surface area (Å²) in [7, 11) is 0. The van der Waals surface area contributed by atoms with Crippen molar-refractivity contribution in [1.82, 2.24) is 9.80 Å². The van der Waals surface area contributed by atoms with Crippen molar-refractivity contribution in [3.05, 3.63) is 41.2 Å². The molecule has 4 rings (SSSR count). The van der Waals surface area contributed by atoms with Gasteiger partial charge in [0.15, 0.2) is 11.8 Å². The van der Waals surface area contributed by atoms with Crippen LogP contribution in [0.3, 0.4) is 0 Å². The van der Waals surface area contributed by atoms with Crippen LogP contribution in [0.2, 0.25) is 0 Å². The first-order valence-corrected chi connectivity index (χ1v) is 16.6. The number of carbonyl (C=O) groups is 3. The third kappa shape index (κ3) is 11.5. The number of carbonyl (C=O) groups excluding carboxylic acids is 2. The molecule has 0 radical (unpaired) electrons. The van der Waals surface area contributed by atoms with Gasteiger partial charge in [-0.25, -0.2) is 4.79 Å². The fourth-order valence-corrected chi connectivity index (χ4v) is 6.26. The van der Waals surface area contributed by atoms with E-state index in [1.807, 2.05) is 49.9 Å². The summed E-state index contributed by atoms with van der Waals surface area (Å²) in [5.41, 5.74) is 7.42. The van der Waals surface area contributed by atoms with Crippen LogP contribution in [0.1, 0.15) is 66.4 Å². The topological polar surface area (TPSA) is 149 Å². The molecule has 46 heavy (non-hydrogen) atoms. The molecule has 0 saturated carbocycles. The highest BCUT2D eigenvalue weighted by Crippen LogP contribution is 2.36. The number of nitrogens with zero attached hydrogens (tertiary/aromatic N) is 4. The first kappa shape index (κ1) is 37.2. The van der Waals surface area contributed by atoms with Gasteiger partial charge in [0.25, 0.3) is 0 Å². The Hall–Kier alpha value is -3.28.